The number of thioether (sulfide) groups is 2. The first-order chi connectivity index (χ1) is 12.8. The molecule has 2 aromatic heterocycles. The summed E-state index contributed by atoms with van der Waals surface area (Å²) in [5.41, 5.74) is 4.53. The molecule has 3 N–H and O–H groups in total. The molecular formula is C19H27N5OS2. The van der Waals surface area contributed by atoms with Crippen LogP contribution < -0.4 is 5.32 Å². The highest BCUT2D eigenvalue weighted by atomic mass is 32.2. The first-order valence-corrected chi connectivity index (χ1v) is 11.3. The van der Waals surface area contributed by atoms with Gasteiger partial charge in [-0.25, -0.2) is 4.98 Å². The molecule has 0 fully saturated rings. The van der Waals surface area contributed by atoms with Gasteiger partial charge in [0.25, 0.3) is 0 Å². The second-order valence-corrected chi connectivity index (χ2v) is 8.83. The van der Waals surface area contributed by atoms with Crippen LogP contribution in [0.1, 0.15) is 42.1 Å². The maximum atomic E-state index is 12.4. The fraction of sp³-hybridized carbons (Fsp3) is 0.526. The van der Waals surface area contributed by atoms with Crippen molar-refractivity contribution in [1.29, 1.82) is 5.26 Å². The summed E-state index contributed by atoms with van der Waals surface area (Å²) in [5, 5.41) is 13.0. The van der Waals surface area contributed by atoms with Gasteiger partial charge in [0.05, 0.1) is 17.0 Å². The van der Waals surface area contributed by atoms with E-state index in [2.05, 4.69) is 40.2 Å². The van der Waals surface area contributed by atoms with Crippen molar-refractivity contribution in [3.63, 3.8) is 0 Å². The molecule has 2 rings (SSSR count). The number of H-pyrrole nitrogens is 2. The molecular weight excluding hydrogens is 378 g/mol. The molecule has 0 spiro atoms. The SMILES string of the molecule is CSCCc1[nH]c(NC(=O)CSc2nc(CC(C)C)c(C)[nH]2)c(C#N)c1C. The van der Waals surface area contributed by atoms with Gasteiger partial charge in [0.1, 0.15) is 11.9 Å². The van der Waals surface area contributed by atoms with Crippen molar-refractivity contribution in [2.45, 2.75) is 45.7 Å². The third-order valence-electron chi connectivity index (χ3n) is 4.19. The molecule has 8 heteroatoms. The Kier molecular flexibility index (Phi) is 7.87. The normalized spacial score (nSPS) is 11.0. The number of amides is 1. The second kappa shape index (κ2) is 9.90. The van der Waals surface area contributed by atoms with E-state index in [9.17, 15) is 10.1 Å². The van der Waals surface area contributed by atoms with Gasteiger partial charge in [-0.05, 0) is 50.2 Å². The van der Waals surface area contributed by atoms with E-state index in [0.29, 0.717) is 17.3 Å². The molecule has 0 saturated carbocycles. The minimum absolute atomic E-state index is 0.159. The number of aromatic amines is 2. The Labute approximate surface area is 169 Å². The van der Waals surface area contributed by atoms with Crippen LogP contribution in [0.15, 0.2) is 5.16 Å². The summed E-state index contributed by atoms with van der Waals surface area (Å²) in [6.07, 6.45) is 3.81. The Morgan fingerprint density at radius 3 is 2.70 bits per heavy atom. The Morgan fingerprint density at radius 1 is 1.33 bits per heavy atom. The van der Waals surface area contributed by atoms with E-state index in [4.69, 9.17) is 0 Å². The number of aryl methyl sites for hydroxylation is 2. The van der Waals surface area contributed by atoms with Gasteiger partial charge in [0.15, 0.2) is 5.16 Å². The quantitative estimate of drug-likeness (QED) is 0.547. The topological polar surface area (TPSA) is 97.4 Å². The number of hydrogen-bond acceptors (Lipinski definition) is 5. The van der Waals surface area contributed by atoms with E-state index in [1.807, 2.05) is 20.1 Å². The molecule has 6 nitrogen and oxygen atoms in total. The second-order valence-electron chi connectivity index (χ2n) is 6.88. The van der Waals surface area contributed by atoms with Crippen LogP contribution in [0.3, 0.4) is 0 Å². The van der Waals surface area contributed by atoms with E-state index in [0.717, 1.165) is 46.4 Å². The highest BCUT2D eigenvalue weighted by Crippen LogP contribution is 2.24. The zero-order chi connectivity index (χ0) is 20.0. The first kappa shape index (κ1) is 21.5. The van der Waals surface area contributed by atoms with Gasteiger partial charge in [-0.3, -0.25) is 4.79 Å². The predicted molar refractivity (Wildman–Crippen MR) is 114 cm³/mol. The summed E-state index contributed by atoms with van der Waals surface area (Å²) in [6.45, 7) is 8.24. The van der Waals surface area contributed by atoms with Crippen LogP contribution in [0.5, 0.6) is 0 Å². The van der Waals surface area contributed by atoms with Gasteiger partial charge < -0.3 is 15.3 Å². The van der Waals surface area contributed by atoms with E-state index in [-0.39, 0.29) is 11.7 Å². The summed E-state index contributed by atoms with van der Waals surface area (Å²) in [5.74, 6) is 2.07. The molecule has 2 aromatic rings. The van der Waals surface area contributed by atoms with E-state index >= 15 is 0 Å². The van der Waals surface area contributed by atoms with E-state index in [1.165, 1.54) is 11.8 Å². The number of aromatic nitrogens is 3. The fourth-order valence-corrected chi connectivity index (χ4v) is 3.91. The summed E-state index contributed by atoms with van der Waals surface area (Å²) in [4.78, 5) is 23.4. The number of nitrogens with zero attached hydrogens (tertiary/aromatic N) is 2. The Bertz CT molecular complexity index is 832. The Morgan fingerprint density at radius 2 is 2.07 bits per heavy atom. The number of imidazole rings is 1. The fourth-order valence-electron chi connectivity index (χ4n) is 2.76. The number of hydrogen-bond donors (Lipinski definition) is 3. The first-order valence-electron chi connectivity index (χ1n) is 8.94. The van der Waals surface area contributed by atoms with Gasteiger partial charge in [0.2, 0.25) is 5.91 Å². The number of carbonyl (C=O) groups is 1. The standard InChI is InChI=1S/C19H27N5OS2/c1-11(2)8-16-13(4)21-19(23-16)27-10-17(25)24-18-14(9-20)12(3)15(22-18)6-7-26-5/h11,22H,6-8,10H2,1-5H3,(H,21,23)(H,24,25). The molecule has 0 saturated heterocycles. The zero-order valence-electron chi connectivity index (χ0n) is 16.5. The third-order valence-corrected chi connectivity index (χ3v) is 5.68. The lowest BCUT2D eigenvalue weighted by Crippen LogP contribution is -2.15. The lowest BCUT2D eigenvalue weighted by Gasteiger charge is -2.03. The summed E-state index contributed by atoms with van der Waals surface area (Å²) in [7, 11) is 0. The molecule has 146 valence electrons. The Hall–Kier alpha value is -1.85. The zero-order valence-corrected chi connectivity index (χ0v) is 18.2. The monoisotopic (exact) mass is 405 g/mol. The molecule has 27 heavy (non-hydrogen) atoms. The van der Waals surface area contributed by atoms with Crippen molar-refractivity contribution in [2.75, 3.05) is 23.1 Å². The Balaban J connectivity index is 1.99. The molecule has 0 aliphatic heterocycles. The van der Waals surface area contributed by atoms with E-state index in [1.54, 1.807) is 11.8 Å². The van der Waals surface area contributed by atoms with Gasteiger partial charge in [-0.2, -0.15) is 17.0 Å². The van der Waals surface area contributed by atoms with Gasteiger partial charge in [0, 0.05) is 11.4 Å². The molecule has 0 bridgehead atoms. The van der Waals surface area contributed by atoms with Crippen LogP contribution in [-0.4, -0.2) is 38.6 Å². The maximum Gasteiger partial charge on any atom is 0.235 e. The maximum absolute atomic E-state index is 12.4. The van der Waals surface area contributed by atoms with Crippen molar-refractivity contribution in [3.05, 3.63) is 28.2 Å². The molecule has 1 amide bonds. The number of nitriles is 1. The minimum Gasteiger partial charge on any atom is -0.344 e. The largest absolute Gasteiger partial charge is 0.344 e. The van der Waals surface area contributed by atoms with Crippen LogP contribution in [0.4, 0.5) is 5.82 Å². The lowest BCUT2D eigenvalue weighted by atomic mass is 10.1. The average molecular weight is 406 g/mol. The smallest absolute Gasteiger partial charge is 0.235 e. The number of anilines is 1. The average Bonchev–Trinajstić information content (AvgIpc) is 3.10. The van der Waals surface area contributed by atoms with Crippen molar-refractivity contribution in [3.8, 4) is 6.07 Å². The summed E-state index contributed by atoms with van der Waals surface area (Å²) in [6, 6.07) is 2.19. The summed E-state index contributed by atoms with van der Waals surface area (Å²) < 4.78 is 0. The van der Waals surface area contributed by atoms with Crippen molar-refractivity contribution >= 4 is 35.2 Å². The molecule has 0 aliphatic carbocycles. The predicted octanol–water partition coefficient (Wildman–Crippen LogP) is 4.06. The number of carbonyl (C=O) groups excluding carboxylic acids is 1. The number of nitrogens with one attached hydrogen (secondary N) is 3. The van der Waals surface area contributed by atoms with Gasteiger partial charge in [-0.1, -0.05) is 25.6 Å². The molecule has 0 atom stereocenters. The van der Waals surface area contributed by atoms with Gasteiger partial charge >= 0.3 is 0 Å². The summed E-state index contributed by atoms with van der Waals surface area (Å²) >= 11 is 3.12. The van der Waals surface area contributed by atoms with Crippen LogP contribution in [0, 0.1) is 31.1 Å². The van der Waals surface area contributed by atoms with Crippen LogP contribution >= 0.6 is 23.5 Å². The molecule has 0 radical (unpaired) electrons. The van der Waals surface area contributed by atoms with Crippen LogP contribution in [0.25, 0.3) is 0 Å². The van der Waals surface area contributed by atoms with Gasteiger partial charge in [-0.15, -0.1) is 0 Å². The third kappa shape index (κ3) is 5.81. The lowest BCUT2D eigenvalue weighted by molar-refractivity contribution is -0.113. The molecule has 0 aromatic carbocycles. The van der Waals surface area contributed by atoms with E-state index < -0.39 is 0 Å². The van der Waals surface area contributed by atoms with Crippen molar-refractivity contribution in [2.24, 2.45) is 5.92 Å². The highest BCUT2D eigenvalue weighted by Gasteiger charge is 2.17. The molecule has 0 unspecified atom stereocenters. The van der Waals surface area contributed by atoms with Crippen LogP contribution in [-0.2, 0) is 17.6 Å². The highest BCUT2D eigenvalue weighted by molar-refractivity contribution is 7.99. The molecule has 2 heterocycles. The van der Waals surface area contributed by atoms with Crippen molar-refractivity contribution < 1.29 is 4.79 Å². The van der Waals surface area contributed by atoms with Crippen molar-refractivity contribution in [1.82, 2.24) is 15.0 Å². The van der Waals surface area contributed by atoms with Crippen LogP contribution in [0.2, 0.25) is 0 Å². The minimum atomic E-state index is -0.159. The number of rotatable bonds is 9. The molecule has 0 aliphatic rings.